The van der Waals surface area contributed by atoms with E-state index >= 15 is 0 Å². The highest BCUT2D eigenvalue weighted by atomic mass is 14.9. The van der Waals surface area contributed by atoms with E-state index < -0.39 is 0 Å². The molecule has 0 radical (unpaired) electrons. The summed E-state index contributed by atoms with van der Waals surface area (Å²) in [4.78, 5) is 0. The molecule has 0 aromatic heterocycles. The number of hydrogen-bond acceptors (Lipinski definition) is 2. The minimum Gasteiger partial charge on any atom is -0.325 e. The third-order valence-corrected chi connectivity index (χ3v) is 5.31. The molecule has 0 amide bonds. The van der Waals surface area contributed by atoms with Gasteiger partial charge in [-0.25, -0.2) is 0 Å². The molecule has 100 valence electrons. The fourth-order valence-corrected chi connectivity index (χ4v) is 3.53. The van der Waals surface area contributed by atoms with E-state index in [-0.39, 0.29) is 5.54 Å². The van der Waals surface area contributed by atoms with Crippen molar-refractivity contribution in [3.63, 3.8) is 0 Å². The largest absolute Gasteiger partial charge is 0.325 e. The van der Waals surface area contributed by atoms with Crippen LogP contribution in [0.2, 0.25) is 0 Å². The van der Waals surface area contributed by atoms with E-state index in [1.807, 2.05) is 0 Å². The van der Waals surface area contributed by atoms with E-state index in [0.717, 1.165) is 6.54 Å². The van der Waals surface area contributed by atoms with Gasteiger partial charge in [-0.3, -0.25) is 0 Å². The Hall–Kier alpha value is -0.0800. The van der Waals surface area contributed by atoms with Gasteiger partial charge in [-0.15, -0.1) is 0 Å². The minimum absolute atomic E-state index is 0.157. The first-order valence-electron chi connectivity index (χ1n) is 7.68. The maximum absolute atomic E-state index is 6.45. The van der Waals surface area contributed by atoms with Gasteiger partial charge >= 0.3 is 0 Å². The summed E-state index contributed by atoms with van der Waals surface area (Å²) in [6, 6.07) is 0. The summed E-state index contributed by atoms with van der Waals surface area (Å²) in [6.45, 7) is 4.68. The van der Waals surface area contributed by atoms with Gasteiger partial charge in [-0.05, 0) is 50.5 Å². The van der Waals surface area contributed by atoms with Crippen molar-refractivity contribution in [2.45, 2.75) is 76.7 Å². The quantitative estimate of drug-likeness (QED) is 0.697. The second kappa shape index (κ2) is 5.71. The molecule has 2 nitrogen and oxygen atoms in total. The Morgan fingerprint density at radius 3 is 2.24 bits per heavy atom. The van der Waals surface area contributed by atoms with Crippen LogP contribution in [0.25, 0.3) is 0 Å². The lowest BCUT2D eigenvalue weighted by molar-refractivity contribution is 0.122. The van der Waals surface area contributed by atoms with E-state index in [0.29, 0.717) is 5.41 Å². The van der Waals surface area contributed by atoms with Crippen LogP contribution in [0.3, 0.4) is 0 Å². The predicted octanol–water partition coefficient (Wildman–Crippen LogP) is 3.21. The minimum atomic E-state index is 0.157. The number of nitrogens with two attached hydrogens (primary N) is 1. The van der Waals surface area contributed by atoms with Crippen LogP contribution in [0.5, 0.6) is 0 Å². The van der Waals surface area contributed by atoms with Gasteiger partial charge in [0, 0.05) is 12.1 Å². The monoisotopic (exact) mass is 238 g/mol. The van der Waals surface area contributed by atoms with Crippen LogP contribution in [0, 0.1) is 5.41 Å². The molecule has 2 saturated carbocycles. The van der Waals surface area contributed by atoms with E-state index in [1.165, 1.54) is 70.8 Å². The third kappa shape index (κ3) is 3.45. The van der Waals surface area contributed by atoms with Crippen LogP contribution in [-0.2, 0) is 0 Å². The normalized spacial score (nSPS) is 26.5. The average Bonchev–Trinajstić information content (AvgIpc) is 2.28. The molecule has 2 aliphatic rings. The molecule has 0 unspecified atom stereocenters. The maximum Gasteiger partial charge on any atom is 0.0166 e. The van der Waals surface area contributed by atoms with Crippen molar-refractivity contribution in [1.29, 1.82) is 0 Å². The third-order valence-electron chi connectivity index (χ3n) is 5.31. The van der Waals surface area contributed by atoms with Crippen molar-refractivity contribution >= 4 is 0 Å². The zero-order chi connectivity index (χ0) is 12.2. The number of rotatable bonds is 6. The highest BCUT2D eigenvalue weighted by Crippen LogP contribution is 2.43. The molecule has 0 spiro atoms. The van der Waals surface area contributed by atoms with Crippen LogP contribution in [0.4, 0.5) is 0 Å². The zero-order valence-electron chi connectivity index (χ0n) is 11.6. The van der Waals surface area contributed by atoms with Gasteiger partial charge in [0.1, 0.15) is 0 Å². The molecule has 3 N–H and O–H groups in total. The van der Waals surface area contributed by atoms with Crippen molar-refractivity contribution in [3.05, 3.63) is 0 Å². The van der Waals surface area contributed by atoms with Gasteiger partial charge < -0.3 is 11.1 Å². The summed E-state index contributed by atoms with van der Waals surface area (Å²) in [5, 5.41) is 3.67. The van der Waals surface area contributed by atoms with E-state index in [1.54, 1.807) is 0 Å². The summed E-state index contributed by atoms with van der Waals surface area (Å²) in [6.07, 6.45) is 13.4. The summed E-state index contributed by atoms with van der Waals surface area (Å²) < 4.78 is 0. The summed E-state index contributed by atoms with van der Waals surface area (Å²) >= 11 is 0. The second-order valence-corrected chi connectivity index (χ2v) is 6.56. The van der Waals surface area contributed by atoms with Gasteiger partial charge in [0.05, 0.1) is 0 Å². The van der Waals surface area contributed by atoms with Crippen LogP contribution in [-0.4, -0.2) is 18.6 Å². The number of nitrogens with one attached hydrogen (secondary N) is 1. The lowest BCUT2D eigenvalue weighted by Crippen LogP contribution is -2.46. The van der Waals surface area contributed by atoms with Gasteiger partial charge in [0.2, 0.25) is 0 Å². The predicted molar refractivity (Wildman–Crippen MR) is 74.1 cm³/mol. The Morgan fingerprint density at radius 2 is 1.71 bits per heavy atom. The molecule has 0 bridgehead atoms. The van der Waals surface area contributed by atoms with Crippen molar-refractivity contribution in [3.8, 4) is 0 Å². The first-order valence-corrected chi connectivity index (χ1v) is 7.68. The van der Waals surface area contributed by atoms with Crippen molar-refractivity contribution in [2.75, 3.05) is 13.1 Å². The summed E-state index contributed by atoms with van der Waals surface area (Å²) in [7, 11) is 0. The Morgan fingerprint density at radius 1 is 1.00 bits per heavy atom. The van der Waals surface area contributed by atoms with Gasteiger partial charge in [-0.2, -0.15) is 0 Å². The zero-order valence-corrected chi connectivity index (χ0v) is 11.6. The van der Waals surface area contributed by atoms with Gasteiger partial charge in [0.25, 0.3) is 0 Å². The van der Waals surface area contributed by atoms with Crippen LogP contribution >= 0.6 is 0 Å². The first kappa shape index (κ1) is 13.4. The van der Waals surface area contributed by atoms with E-state index in [9.17, 15) is 0 Å². The maximum atomic E-state index is 6.45. The fourth-order valence-electron chi connectivity index (χ4n) is 3.53. The molecule has 0 aromatic rings. The molecule has 0 heterocycles. The second-order valence-electron chi connectivity index (χ2n) is 6.56. The molecule has 2 heteroatoms. The topological polar surface area (TPSA) is 38.0 Å². The summed E-state index contributed by atoms with van der Waals surface area (Å²) in [5.41, 5.74) is 7.25. The SMILES string of the molecule is CCC1(CNCCC2(N)CCCCC2)CCC1. The summed E-state index contributed by atoms with van der Waals surface area (Å²) in [5.74, 6) is 0. The highest BCUT2D eigenvalue weighted by molar-refractivity contribution is 4.90. The molecular formula is C15H30N2. The number of hydrogen-bond donors (Lipinski definition) is 2. The Kier molecular flexibility index (Phi) is 4.48. The lowest BCUT2D eigenvalue weighted by Gasteiger charge is -2.42. The van der Waals surface area contributed by atoms with Crippen LogP contribution < -0.4 is 11.1 Å². The Bertz CT molecular complexity index is 222. The molecule has 0 aromatic carbocycles. The van der Waals surface area contributed by atoms with Gasteiger partial charge in [-0.1, -0.05) is 32.6 Å². The highest BCUT2D eigenvalue weighted by Gasteiger charge is 2.34. The molecule has 2 aliphatic carbocycles. The molecule has 0 aliphatic heterocycles. The molecule has 2 rings (SSSR count). The molecule has 17 heavy (non-hydrogen) atoms. The van der Waals surface area contributed by atoms with E-state index in [4.69, 9.17) is 5.73 Å². The first-order chi connectivity index (χ1) is 8.18. The van der Waals surface area contributed by atoms with Crippen molar-refractivity contribution in [1.82, 2.24) is 5.32 Å². The molecule has 2 fully saturated rings. The molecular weight excluding hydrogens is 208 g/mol. The fraction of sp³-hybridized carbons (Fsp3) is 1.00. The lowest BCUT2D eigenvalue weighted by atomic mass is 9.67. The van der Waals surface area contributed by atoms with Crippen LogP contribution in [0.1, 0.15) is 71.1 Å². The molecule has 0 saturated heterocycles. The molecule has 0 atom stereocenters. The Balaban J connectivity index is 1.62. The Labute approximate surface area is 107 Å². The smallest absolute Gasteiger partial charge is 0.0166 e. The van der Waals surface area contributed by atoms with Crippen molar-refractivity contribution < 1.29 is 0 Å². The standard InChI is InChI=1S/C15H30N2/c1-2-14(7-6-8-14)13-17-12-11-15(16)9-4-3-5-10-15/h17H,2-13,16H2,1H3. The average molecular weight is 238 g/mol. The van der Waals surface area contributed by atoms with Crippen molar-refractivity contribution in [2.24, 2.45) is 11.1 Å². The van der Waals surface area contributed by atoms with Crippen LogP contribution in [0.15, 0.2) is 0 Å². The van der Waals surface area contributed by atoms with Gasteiger partial charge in [0.15, 0.2) is 0 Å². The van der Waals surface area contributed by atoms with E-state index in [2.05, 4.69) is 12.2 Å².